The van der Waals surface area contributed by atoms with Crippen molar-refractivity contribution in [3.63, 3.8) is 0 Å². The summed E-state index contributed by atoms with van der Waals surface area (Å²) in [4.78, 5) is 10.7. The van der Waals surface area contributed by atoms with E-state index in [0.29, 0.717) is 6.04 Å². The Kier molecular flexibility index (Phi) is 2.04. The maximum atomic E-state index is 4.28. The Morgan fingerprint density at radius 1 is 1.42 bits per heavy atom. The molecule has 0 amide bonds. The van der Waals surface area contributed by atoms with Gasteiger partial charge in [-0.25, -0.2) is 0 Å². The average molecular weight is 163 g/mol. The molecular formula is C9H13N3. The summed E-state index contributed by atoms with van der Waals surface area (Å²) < 4.78 is 0. The van der Waals surface area contributed by atoms with Gasteiger partial charge in [-0.3, -0.25) is 14.9 Å². The summed E-state index contributed by atoms with van der Waals surface area (Å²) in [5.74, 6) is 0. The average Bonchev–Trinajstić information content (AvgIpc) is 2.03. The van der Waals surface area contributed by atoms with Gasteiger partial charge >= 0.3 is 0 Å². The smallest absolute Gasteiger partial charge is 0.0755 e. The summed E-state index contributed by atoms with van der Waals surface area (Å²) in [6.45, 7) is 4.60. The third kappa shape index (κ3) is 1.32. The van der Waals surface area contributed by atoms with Crippen molar-refractivity contribution < 1.29 is 0 Å². The monoisotopic (exact) mass is 163 g/mol. The van der Waals surface area contributed by atoms with Gasteiger partial charge in [0.15, 0.2) is 0 Å². The van der Waals surface area contributed by atoms with Gasteiger partial charge in [0.1, 0.15) is 0 Å². The van der Waals surface area contributed by atoms with Crippen molar-refractivity contribution in [1.82, 2.24) is 14.9 Å². The third-order valence-electron chi connectivity index (χ3n) is 2.45. The van der Waals surface area contributed by atoms with Gasteiger partial charge in [-0.15, -0.1) is 0 Å². The fraction of sp³-hybridized carbons (Fsp3) is 0.556. The molecule has 12 heavy (non-hydrogen) atoms. The molecule has 1 atom stereocenters. The molecule has 0 bridgehead atoms. The van der Waals surface area contributed by atoms with E-state index in [4.69, 9.17) is 0 Å². The molecule has 3 heteroatoms. The Hall–Kier alpha value is -0.960. The highest BCUT2D eigenvalue weighted by Gasteiger charge is 2.21. The molecule has 0 aromatic carbocycles. The predicted octanol–water partition coefficient (Wildman–Crippen LogP) is 1.24. The van der Waals surface area contributed by atoms with Crippen molar-refractivity contribution in [2.24, 2.45) is 0 Å². The first-order valence-corrected chi connectivity index (χ1v) is 4.38. The molecule has 1 aromatic rings. The lowest BCUT2D eigenvalue weighted by Gasteiger charge is -2.35. The number of aromatic nitrogens is 2. The zero-order valence-corrected chi connectivity index (χ0v) is 7.27. The molecule has 1 unspecified atom stereocenters. The van der Waals surface area contributed by atoms with E-state index in [-0.39, 0.29) is 0 Å². The van der Waals surface area contributed by atoms with Crippen LogP contribution in [0.25, 0.3) is 0 Å². The van der Waals surface area contributed by atoms with Crippen molar-refractivity contribution in [3.05, 3.63) is 24.3 Å². The van der Waals surface area contributed by atoms with Crippen molar-refractivity contribution in [3.8, 4) is 0 Å². The fourth-order valence-corrected chi connectivity index (χ4v) is 1.44. The van der Waals surface area contributed by atoms with Gasteiger partial charge in [0.05, 0.1) is 11.7 Å². The molecule has 2 rings (SSSR count). The maximum absolute atomic E-state index is 4.28. The van der Waals surface area contributed by atoms with Crippen LogP contribution in [-0.2, 0) is 0 Å². The van der Waals surface area contributed by atoms with E-state index in [0.717, 1.165) is 5.69 Å². The van der Waals surface area contributed by atoms with E-state index < -0.39 is 0 Å². The lowest BCUT2D eigenvalue weighted by atomic mass is 10.1. The van der Waals surface area contributed by atoms with Crippen LogP contribution < -0.4 is 0 Å². The Morgan fingerprint density at radius 3 is 2.75 bits per heavy atom. The first-order chi connectivity index (χ1) is 5.88. The highest BCUT2D eigenvalue weighted by Crippen LogP contribution is 2.22. The summed E-state index contributed by atoms with van der Waals surface area (Å²) in [5.41, 5.74) is 1.08. The third-order valence-corrected chi connectivity index (χ3v) is 2.45. The van der Waals surface area contributed by atoms with Crippen LogP contribution in [0.3, 0.4) is 0 Å². The van der Waals surface area contributed by atoms with E-state index in [9.17, 15) is 0 Å². The largest absolute Gasteiger partial charge is 0.295 e. The Bertz CT molecular complexity index is 243. The summed E-state index contributed by atoms with van der Waals surface area (Å²) in [7, 11) is 0. The Labute approximate surface area is 72.4 Å². The minimum absolute atomic E-state index is 0.437. The zero-order valence-electron chi connectivity index (χ0n) is 7.27. The van der Waals surface area contributed by atoms with E-state index in [1.165, 1.54) is 19.5 Å². The first kappa shape index (κ1) is 7.68. The van der Waals surface area contributed by atoms with Crippen LogP contribution in [0.5, 0.6) is 0 Å². The normalized spacial score (nSPS) is 20.1. The van der Waals surface area contributed by atoms with Gasteiger partial charge in [0, 0.05) is 31.7 Å². The molecule has 1 aromatic heterocycles. The fourth-order valence-electron chi connectivity index (χ4n) is 1.44. The molecule has 1 saturated heterocycles. The van der Waals surface area contributed by atoms with Gasteiger partial charge in [-0.05, 0) is 13.3 Å². The molecular weight excluding hydrogens is 150 g/mol. The number of hydrogen-bond acceptors (Lipinski definition) is 3. The van der Waals surface area contributed by atoms with Crippen LogP contribution in [0.1, 0.15) is 25.1 Å². The molecule has 0 aliphatic carbocycles. The second-order valence-corrected chi connectivity index (χ2v) is 3.20. The minimum Gasteiger partial charge on any atom is -0.295 e. The second kappa shape index (κ2) is 3.19. The lowest BCUT2D eigenvalue weighted by Crippen LogP contribution is -2.39. The van der Waals surface area contributed by atoms with Gasteiger partial charge in [-0.2, -0.15) is 0 Å². The standard InChI is InChI=1S/C9H13N3/c1-8(12-5-2-6-12)9-7-10-3-4-11-9/h3-4,7-8H,2,5-6H2,1H3. The van der Waals surface area contributed by atoms with E-state index >= 15 is 0 Å². The number of rotatable bonds is 2. The van der Waals surface area contributed by atoms with Crippen LogP contribution in [0.4, 0.5) is 0 Å². The van der Waals surface area contributed by atoms with E-state index in [1.54, 1.807) is 12.4 Å². The van der Waals surface area contributed by atoms with Crippen LogP contribution in [0, 0.1) is 0 Å². The highest BCUT2D eigenvalue weighted by molar-refractivity contribution is 5.02. The van der Waals surface area contributed by atoms with Crippen LogP contribution in [0.15, 0.2) is 18.6 Å². The molecule has 0 N–H and O–H groups in total. The molecule has 0 radical (unpaired) electrons. The lowest BCUT2D eigenvalue weighted by molar-refractivity contribution is 0.126. The highest BCUT2D eigenvalue weighted by atomic mass is 15.2. The molecule has 3 nitrogen and oxygen atoms in total. The summed E-state index contributed by atoms with van der Waals surface area (Å²) in [6, 6.07) is 0.437. The minimum atomic E-state index is 0.437. The van der Waals surface area contributed by atoms with Crippen LogP contribution >= 0.6 is 0 Å². The number of hydrogen-bond donors (Lipinski definition) is 0. The van der Waals surface area contributed by atoms with Crippen molar-refractivity contribution in [2.45, 2.75) is 19.4 Å². The SMILES string of the molecule is CC(c1cnccn1)N1CCC1. The molecule has 2 heterocycles. The first-order valence-electron chi connectivity index (χ1n) is 4.38. The number of nitrogens with zero attached hydrogens (tertiary/aromatic N) is 3. The summed E-state index contributed by atoms with van der Waals surface area (Å²) in [5, 5.41) is 0. The van der Waals surface area contributed by atoms with Gasteiger partial charge in [-0.1, -0.05) is 0 Å². The van der Waals surface area contributed by atoms with E-state index in [1.807, 2.05) is 6.20 Å². The molecule has 1 aliphatic rings. The van der Waals surface area contributed by atoms with Gasteiger partial charge < -0.3 is 0 Å². The maximum Gasteiger partial charge on any atom is 0.0755 e. The Balaban J connectivity index is 2.08. The summed E-state index contributed by atoms with van der Waals surface area (Å²) in [6.07, 6.45) is 6.64. The van der Waals surface area contributed by atoms with Gasteiger partial charge in [0.25, 0.3) is 0 Å². The second-order valence-electron chi connectivity index (χ2n) is 3.20. The zero-order chi connectivity index (χ0) is 8.39. The van der Waals surface area contributed by atoms with E-state index in [2.05, 4.69) is 21.8 Å². The van der Waals surface area contributed by atoms with Crippen molar-refractivity contribution in [2.75, 3.05) is 13.1 Å². The van der Waals surface area contributed by atoms with Crippen LogP contribution in [-0.4, -0.2) is 28.0 Å². The molecule has 0 saturated carbocycles. The van der Waals surface area contributed by atoms with Crippen molar-refractivity contribution in [1.29, 1.82) is 0 Å². The topological polar surface area (TPSA) is 29.0 Å². The summed E-state index contributed by atoms with van der Waals surface area (Å²) >= 11 is 0. The van der Waals surface area contributed by atoms with Crippen LogP contribution in [0.2, 0.25) is 0 Å². The molecule has 0 spiro atoms. The quantitative estimate of drug-likeness (QED) is 0.657. The molecule has 1 aliphatic heterocycles. The molecule has 64 valence electrons. The molecule has 1 fully saturated rings. The predicted molar refractivity (Wildman–Crippen MR) is 46.6 cm³/mol. The van der Waals surface area contributed by atoms with Gasteiger partial charge in [0.2, 0.25) is 0 Å². The number of likely N-dealkylation sites (tertiary alicyclic amines) is 1. The Morgan fingerprint density at radius 2 is 2.25 bits per heavy atom. The van der Waals surface area contributed by atoms with Crippen molar-refractivity contribution >= 4 is 0 Å².